The topological polar surface area (TPSA) is 55.6 Å². The highest BCUT2D eigenvalue weighted by Gasteiger charge is 2.04. The molecule has 0 saturated carbocycles. The van der Waals surface area contributed by atoms with Crippen molar-refractivity contribution in [2.24, 2.45) is 0 Å². The summed E-state index contributed by atoms with van der Waals surface area (Å²) in [5, 5.41) is 15.2. The lowest BCUT2D eigenvalue weighted by molar-refractivity contribution is 0.685. The third-order valence-electron chi connectivity index (χ3n) is 2.91. The van der Waals surface area contributed by atoms with Crippen LogP contribution in [0.25, 0.3) is 5.69 Å². The lowest BCUT2D eigenvalue weighted by atomic mass is 10.2. The summed E-state index contributed by atoms with van der Waals surface area (Å²) >= 11 is 6.17. The second-order valence-electron chi connectivity index (χ2n) is 4.41. The Labute approximate surface area is 118 Å². The molecule has 0 aliphatic carbocycles. The minimum absolute atomic E-state index is 0.715. The van der Waals surface area contributed by atoms with Crippen molar-refractivity contribution in [1.82, 2.24) is 20.2 Å². The lowest BCUT2D eigenvalue weighted by Crippen LogP contribution is -2.03. The van der Waals surface area contributed by atoms with Crippen LogP contribution in [0.5, 0.6) is 0 Å². The van der Waals surface area contributed by atoms with Crippen molar-refractivity contribution in [3.8, 4) is 5.69 Å². The fourth-order valence-electron chi connectivity index (χ4n) is 1.85. The molecule has 5 nitrogen and oxygen atoms in total. The molecule has 19 heavy (non-hydrogen) atoms. The van der Waals surface area contributed by atoms with Gasteiger partial charge in [0.1, 0.15) is 6.33 Å². The van der Waals surface area contributed by atoms with Crippen LogP contribution in [0.15, 0.2) is 24.5 Å². The van der Waals surface area contributed by atoms with Crippen molar-refractivity contribution in [1.29, 1.82) is 0 Å². The molecule has 0 radical (unpaired) electrons. The number of tetrazole rings is 1. The maximum atomic E-state index is 6.17. The minimum atomic E-state index is 0.715. The van der Waals surface area contributed by atoms with Crippen LogP contribution in [-0.2, 0) is 0 Å². The normalized spacial score (nSPS) is 10.6. The highest BCUT2D eigenvalue weighted by Crippen LogP contribution is 2.24. The number of nitrogens with zero attached hydrogens (tertiary/aromatic N) is 4. The summed E-state index contributed by atoms with van der Waals surface area (Å²) in [6, 6.07) is 5.70. The Hall–Kier alpha value is -1.62. The third-order valence-corrected chi connectivity index (χ3v) is 3.24. The first-order chi connectivity index (χ1) is 9.31. The van der Waals surface area contributed by atoms with E-state index in [0.29, 0.717) is 5.02 Å². The molecule has 0 saturated heterocycles. The molecule has 2 aromatic rings. The first kappa shape index (κ1) is 13.8. The van der Waals surface area contributed by atoms with Gasteiger partial charge in [-0.25, -0.2) is 4.68 Å². The highest BCUT2D eigenvalue weighted by atomic mass is 35.5. The molecule has 0 atom stereocenters. The number of hydrogen-bond donors (Lipinski definition) is 1. The van der Waals surface area contributed by atoms with Gasteiger partial charge in [-0.15, -0.1) is 5.10 Å². The van der Waals surface area contributed by atoms with E-state index in [-0.39, 0.29) is 0 Å². The molecular weight excluding hydrogens is 262 g/mol. The number of nitrogens with one attached hydrogen (secondary N) is 1. The lowest BCUT2D eigenvalue weighted by Gasteiger charge is -2.10. The Bertz CT molecular complexity index is 498. The van der Waals surface area contributed by atoms with E-state index < -0.39 is 0 Å². The number of hydrogen-bond acceptors (Lipinski definition) is 4. The summed E-state index contributed by atoms with van der Waals surface area (Å²) in [6.07, 6.45) is 6.48. The monoisotopic (exact) mass is 279 g/mol. The molecule has 0 bridgehead atoms. The predicted octanol–water partition coefficient (Wildman–Crippen LogP) is 3.31. The molecule has 0 fully saturated rings. The Balaban J connectivity index is 1.98. The number of aromatic nitrogens is 4. The van der Waals surface area contributed by atoms with Crippen LogP contribution in [0.1, 0.15) is 32.6 Å². The van der Waals surface area contributed by atoms with Crippen molar-refractivity contribution in [3.63, 3.8) is 0 Å². The van der Waals surface area contributed by atoms with Crippen LogP contribution in [-0.4, -0.2) is 26.8 Å². The van der Waals surface area contributed by atoms with E-state index in [4.69, 9.17) is 11.6 Å². The summed E-state index contributed by atoms with van der Waals surface area (Å²) in [7, 11) is 0. The molecule has 0 spiro atoms. The number of unbranched alkanes of at least 4 members (excludes halogenated alkanes) is 3. The summed E-state index contributed by atoms with van der Waals surface area (Å²) in [5.41, 5.74) is 1.82. The van der Waals surface area contributed by atoms with E-state index in [0.717, 1.165) is 24.3 Å². The zero-order valence-corrected chi connectivity index (χ0v) is 11.8. The van der Waals surface area contributed by atoms with E-state index in [1.165, 1.54) is 19.3 Å². The second-order valence-corrected chi connectivity index (χ2v) is 4.81. The summed E-state index contributed by atoms with van der Waals surface area (Å²) < 4.78 is 1.61. The second kappa shape index (κ2) is 7.09. The van der Waals surface area contributed by atoms with Gasteiger partial charge in [0, 0.05) is 6.54 Å². The Morgan fingerprint density at radius 2 is 2.16 bits per heavy atom. The van der Waals surface area contributed by atoms with E-state index in [1.54, 1.807) is 11.0 Å². The van der Waals surface area contributed by atoms with Gasteiger partial charge < -0.3 is 5.32 Å². The van der Waals surface area contributed by atoms with Gasteiger partial charge >= 0.3 is 0 Å². The fourth-order valence-corrected chi connectivity index (χ4v) is 2.03. The Kier molecular flexibility index (Phi) is 5.15. The van der Waals surface area contributed by atoms with Crippen LogP contribution < -0.4 is 5.32 Å². The van der Waals surface area contributed by atoms with Gasteiger partial charge in [-0.1, -0.05) is 37.8 Å². The Morgan fingerprint density at radius 3 is 2.89 bits per heavy atom. The Morgan fingerprint density at radius 1 is 1.26 bits per heavy atom. The van der Waals surface area contributed by atoms with Crippen LogP contribution in [0.4, 0.5) is 5.69 Å². The molecule has 2 rings (SSSR count). The number of anilines is 1. The molecular formula is C13H18ClN5. The molecule has 1 heterocycles. The third kappa shape index (κ3) is 3.92. The van der Waals surface area contributed by atoms with Gasteiger partial charge in [-0.3, -0.25) is 0 Å². The number of halogens is 1. The SMILES string of the molecule is CCCCCCNc1cc(-n2cnnn2)ccc1Cl. The molecule has 6 heteroatoms. The zero-order chi connectivity index (χ0) is 13.5. The first-order valence-corrected chi connectivity index (χ1v) is 6.96. The van der Waals surface area contributed by atoms with Crippen molar-refractivity contribution in [3.05, 3.63) is 29.5 Å². The standard InChI is InChI=1S/C13H18ClN5/c1-2-3-4-5-8-15-13-9-11(6-7-12(13)14)19-10-16-17-18-19/h6-7,9-10,15H,2-5,8H2,1H3. The first-order valence-electron chi connectivity index (χ1n) is 6.58. The average molecular weight is 280 g/mol. The fraction of sp³-hybridized carbons (Fsp3) is 0.462. The maximum absolute atomic E-state index is 6.17. The predicted molar refractivity (Wildman–Crippen MR) is 76.8 cm³/mol. The van der Waals surface area contributed by atoms with Crippen molar-refractivity contribution >= 4 is 17.3 Å². The quantitative estimate of drug-likeness (QED) is 0.790. The maximum Gasteiger partial charge on any atom is 0.143 e. The molecule has 0 aliphatic rings. The summed E-state index contributed by atoms with van der Waals surface area (Å²) in [4.78, 5) is 0. The number of rotatable bonds is 7. The summed E-state index contributed by atoms with van der Waals surface area (Å²) in [5.74, 6) is 0. The van der Waals surface area contributed by atoms with Gasteiger partial charge in [0.25, 0.3) is 0 Å². The van der Waals surface area contributed by atoms with E-state index >= 15 is 0 Å². The number of benzene rings is 1. The van der Waals surface area contributed by atoms with Gasteiger partial charge in [0.15, 0.2) is 0 Å². The molecule has 1 N–H and O–H groups in total. The van der Waals surface area contributed by atoms with Crippen molar-refractivity contribution in [2.45, 2.75) is 32.6 Å². The molecule has 1 aromatic carbocycles. The molecule has 0 amide bonds. The van der Waals surface area contributed by atoms with Gasteiger partial charge in [0.2, 0.25) is 0 Å². The summed E-state index contributed by atoms with van der Waals surface area (Å²) in [6.45, 7) is 3.14. The van der Waals surface area contributed by atoms with Gasteiger partial charge in [-0.2, -0.15) is 0 Å². The molecule has 1 aromatic heterocycles. The van der Waals surface area contributed by atoms with Crippen LogP contribution in [0.3, 0.4) is 0 Å². The van der Waals surface area contributed by atoms with Crippen molar-refractivity contribution in [2.75, 3.05) is 11.9 Å². The highest BCUT2D eigenvalue weighted by molar-refractivity contribution is 6.33. The van der Waals surface area contributed by atoms with Crippen molar-refractivity contribution < 1.29 is 0 Å². The smallest absolute Gasteiger partial charge is 0.143 e. The van der Waals surface area contributed by atoms with Gasteiger partial charge in [0.05, 0.1) is 16.4 Å². The zero-order valence-electron chi connectivity index (χ0n) is 11.0. The molecule has 0 unspecified atom stereocenters. The molecule has 102 valence electrons. The largest absolute Gasteiger partial charge is 0.384 e. The van der Waals surface area contributed by atoms with E-state index in [2.05, 4.69) is 27.8 Å². The van der Waals surface area contributed by atoms with E-state index in [1.807, 2.05) is 18.2 Å². The van der Waals surface area contributed by atoms with Gasteiger partial charge in [-0.05, 0) is 35.0 Å². The van der Waals surface area contributed by atoms with E-state index in [9.17, 15) is 0 Å². The molecule has 0 aliphatic heterocycles. The minimum Gasteiger partial charge on any atom is -0.384 e. The van der Waals surface area contributed by atoms with Crippen LogP contribution in [0, 0.1) is 0 Å². The average Bonchev–Trinajstić information content (AvgIpc) is 2.94. The van der Waals surface area contributed by atoms with Crippen LogP contribution in [0.2, 0.25) is 5.02 Å². The van der Waals surface area contributed by atoms with Crippen LogP contribution >= 0.6 is 11.6 Å².